The van der Waals surface area contributed by atoms with E-state index in [0.29, 0.717) is 12.3 Å². The summed E-state index contributed by atoms with van der Waals surface area (Å²) in [5.41, 5.74) is 7.42. The van der Waals surface area contributed by atoms with Gasteiger partial charge in [0.1, 0.15) is 0 Å². The third kappa shape index (κ3) is 4.17. The number of benzene rings is 2. The van der Waals surface area contributed by atoms with Crippen LogP contribution >= 0.6 is 0 Å². The molecular weight excluding hydrogens is 416 g/mol. The first kappa shape index (κ1) is 21.4. The molecule has 7 heteroatoms. The minimum atomic E-state index is -0.191. The lowest BCUT2D eigenvalue weighted by molar-refractivity contribution is -0.117. The van der Waals surface area contributed by atoms with Gasteiger partial charge in [-0.05, 0) is 42.3 Å². The quantitative estimate of drug-likeness (QED) is 0.663. The first-order valence-electron chi connectivity index (χ1n) is 11.3. The molecule has 1 saturated heterocycles. The van der Waals surface area contributed by atoms with Crippen molar-refractivity contribution in [2.75, 3.05) is 29.4 Å². The lowest BCUT2D eigenvalue weighted by atomic mass is 9.96. The molecular formula is C26H28N4O3. The van der Waals surface area contributed by atoms with E-state index in [1.807, 2.05) is 19.1 Å². The Hall–Kier alpha value is -3.42. The van der Waals surface area contributed by atoms with Crippen LogP contribution in [0.15, 0.2) is 71.3 Å². The van der Waals surface area contributed by atoms with Crippen LogP contribution in [0.2, 0.25) is 0 Å². The van der Waals surface area contributed by atoms with Crippen molar-refractivity contribution in [3.05, 3.63) is 83.8 Å². The number of nitrogens with zero attached hydrogens (tertiary/aromatic N) is 3. The van der Waals surface area contributed by atoms with Gasteiger partial charge in [0.15, 0.2) is 5.76 Å². The highest BCUT2D eigenvalue weighted by atomic mass is 16.3. The third-order valence-corrected chi connectivity index (χ3v) is 6.44. The van der Waals surface area contributed by atoms with E-state index in [9.17, 15) is 9.59 Å². The zero-order valence-electron chi connectivity index (χ0n) is 18.9. The van der Waals surface area contributed by atoms with Crippen LogP contribution in [0.25, 0.3) is 0 Å². The summed E-state index contributed by atoms with van der Waals surface area (Å²) < 4.78 is 5.39. The Kier molecular flexibility index (Phi) is 5.74. The SMILES string of the molecule is CC(=O)N1c2ccc(C3CNN(Cc4ccccc4)C3)cc2N(C(=O)c2ccco2)C[C@@H]1C. The third-order valence-electron chi connectivity index (χ3n) is 6.44. The second kappa shape index (κ2) is 8.84. The Morgan fingerprint density at radius 2 is 1.85 bits per heavy atom. The minimum absolute atomic E-state index is 0.0295. The van der Waals surface area contributed by atoms with Gasteiger partial charge in [-0.1, -0.05) is 36.4 Å². The average Bonchev–Trinajstić information content (AvgIpc) is 3.51. The smallest absolute Gasteiger partial charge is 0.294 e. The lowest BCUT2D eigenvalue weighted by Crippen LogP contribution is -2.51. The van der Waals surface area contributed by atoms with Crippen LogP contribution < -0.4 is 15.2 Å². The Balaban J connectivity index is 1.44. The number of hydrogen-bond donors (Lipinski definition) is 1. The number of hydrazine groups is 1. The molecule has 0 spiro atoms. The number of carbonyl (C=O) groups excluding carboxylic acids is 2. The number of fused-ring (bicyclic) bond motifs is 1. The molecule has 2 aliphatic heterocycles. The van der Waals surface area contributed by atoms with Gasteiger partial charge in [0.05, 0.1) is 23.7 Å². The predicted molar refractivity (Wildman–Crippen MR) is 127 cm³/mol. The summed E-state index contributed by atoms with van der Waals surface area (Å²) in [5.74, 6) is 0.359. The molecule has 2 amide bonds. The molecule has 0 saturated carbocycles. The zero-order valence-corrected chi connectivity index (χ0v) is 18.9. The van der Waals surface area contributed by atoms with Crippen LogP contribution in [0.4, 0.5) is 11.4 Å². The minimum Gasteiger partial charge on any atom is -0.459 e. The highest BCUT2D eigenvalue weighted by molar-refractivity contribution is 6.09. The van der Waals surface area contributed by atoms with Crippen LogP contribution in [0.1, 0.15) is 41.4 Å². The van der Waals surface area contributed by atoms with Crippen LogP contribution in [-0.2, 0) is 11.3 Å². The number of nitrogens with one attached hydrogen (secondary N) is 1. The first-order valence-corrected chi connectivity index (χ1v) is 11.3. The maximum absolute atomic E-state index is 13.2. The Morgan fingerprint density at radius 1 is 1.03 bits per heavy atom. The molecule has 1 aromatic heterocycles. The molecule has 1 fully saturated rings. The number of amides is 2. The van der Waals surface area contributed by atoms with Crippen LogP contribution in [0.5, 0.6) is 0 Å². The van der Waals surface area contributed by atoms with Crippen molar-refractivity contribution >= 4 is 23.2 Å². The summed E-state index contributed by atoms with van der Waals surface area (Å²) in [5, 5.41) is 2.23. The summed E-state index contributed by atoms with van der Waals surface area (Å²) in [6.07, 6.45) is 1.51. The highest BCUT2D eigenvalue weighted by Crippen LogP contribution is 2.39. The molecule has 1 N–H and O–H groups in total. The molecule has 5 rings (SSSR count). The van der Waals surface area contributed by atoms with E-state index in [-0.39, 0.29) is 23.8 Å². The normalized spacial score (nSPS) is 20.7. The maximum Gasteiger partial charge on any atom is 0.294 e. The van der Waals surface area contributed by atoms with Crippen LogP contribution in [-0.4, -0.2) is 42.5 Å². The van der Waals surface area contributed by atoms with Crippen molar-refractivity contribution in [3.63, 3.8) is 0 Å². The zero-order chi connectivity index (χ0) is 22.9. The van der Waals surface area contributed by atoms with E-state index in [2.05, 4.69) is 46.8 Å². The van der Waals surface area contributed by atoms with Crippen LogP contribution in [0, 0.1) is 0 Å². The van der Waals surface area contributed by atoms with E-state index in [4.69, 9.17) is 4.42 Å². The Labute approximate surface area is 193 Å². The van der Waals surface area contributed by atoms with Gasteiger partial charge < -0.3 is 14.2 Å². The van der Waals surface area contributed by atoms with Gasteiger partial charge in [0.2, 0.25) is 5.91 Å². The van der Waals surface area contributed by atoms with Gasteiger partial charge in [-0.15, -0.1) is 0 Å². The van der Waals surface area contributed by atoms with E-state index in [1.165, 1.54) is 11.8 Å². The number of carbonyl (C=O) groups is 2. The summed E-state index contributed by atoms with van der Waals surface area (Å²) in [4.78, 5) is 29.2. The largest absolute Gasteiger partial charge is 0.459 e. The lowest BCUT2D eigenvalue weighted by Gasteiger charge is -2.40. The Morgan fingerprint density at radius 3 is 2.58 bits per heavy atom. The average molecular weight is 445 g/mol. The van der Waals surface area contributed by atoms with E-state index >= 15 is 0 Å². The maximum atomic E-state index is 13.2. The van der Waals surface area contributed by atoms with Gasteiger partial charge in [0.25, 0.3) is 5.91 Å². The second-order valence-electron chi connectivity index (χ2n) is 8.80. The van der Waals surface area contributed by atoms with E-state index in [1.54, 1.807) is 28.9 Å². The van der Waals surface area contributed by atoms with Crippen molar-refractivity contribution in [1.29, 1.82) is 0 Å². The van der Waals surface area contributed by atoms with Gasteiger partial charge in [-0.25, -0.2) is 5.01 Å². The molecule has 3 aromatic rings. The molecule has 2 aliphatic rings. The second-order valence-corrected chi connectivity index (χ2v) is 8.80. The van der Waals surface area contributed by atoms with Gasteiger partial charge in [-0.3, -0.25) is 15.0 Å². The van der Waals surface area contributed by atoms with Crippen LogP contribution in [0.3, 0.4) is 0 Å². The topological polar surface area (TPSA) is 69.0 Å². The van der Waals surface area contributed by atoms with Crippen molar-refractivity contribution in [2.45, 2.75) is 32.4 Å². The van der Waals surface area contributed by atoms with Gasteiger partial charge in [0, 0.05) is 39.0 Å². The number of rotatable bonds is 4. The fourth-order valence-electron chi connectivity index (χ4n) is 4.88. The molecule has 7 nitrogen and oxygen atoms in total. The Bertz CT molecular complexity index is 1150. The molecule has 0 bridgehead atoms. The molecule has 0 aliphatic carbocycles. The standard InChI is InChI=1S/C26H28N4O3/c1-18-15-29(26(32)25-9-6-12-33-25)24-13-21(10-11-23(24)30(18)19(2)31)22-14-27-28(17-22)16-20-7-4-3-5-8-20/h3-13,18,22,27H,14-17H2,1-2H3/t18-,22?/m0/s1. The van der Waals surface area contributed by atoms with Gasteiger partial charge in [-0.2, -0.15) is 0 Å². The highest BCUT2D eigenvalue weighted by Gasteiger charge is 2.35. The summed E-state index contributed by atoms with van der Waals surface area (Å²) in [6, 6.07) is 19.8. The predicted octanol–water partition coefficient (Wildman–Crippen LogP) is 3.79. The molecule has 1 unspecified atom stereocenters. The fourth-order valence-corrected chi connectivity index (χ4v) is 4.88. The molecule has 3 heterocycles. The molecule has 0 radical (unpaired) electrons. The molecule has 2 aromatic carbocycles. The van der Waals surface area contributed by atoms with Crippen molar-refractivity contribution in [1.82, 2.24) is 10.4 Å². The first-order chi connectivity index (χ1) is 16.0. The fraction of sp³-hybridized carbons (Fsp3) is 0.308. The monoisotopic (exact) mass is 444 g/mol. The molecule has 2 atom stereocenters. The molecule has 33 heavy (non-hydrogen) atoms. The molecule has 170 valence electrons. The summed E-state index contributed by atoms with van der Waals surface area (Å²) >= 11 is 0. The van der Waals surface area contributed by atoms with Crippen molar-refractivity contribution < 1.29 is 14.0 Å². The number of anilines is 2. The van der Waals surface area contributed by atoms with E-state index < -0.39 is 0 Å². The van der Waals surface area contributed by atoms with Crippen molar-refractivity contribution in [2.24, 2.45) is 0 Å². The summed E-state index contributed by atoms with van der Waals surface area (Å²) in [6.45, 7) is 6.47. The summed E-state index contributed by atoms with van der Waals surface area (Å²) in [7, 11) is 0. The van der Waals surface area contributed by atoms with E-state index in [0.717, 1.165) is 36.6 Å². The van der Waals surface area contributed by atoms with Crippen molar-refractivity contribution in [3.8, 4) is 0 Å². The number of hydrogen-bond acceptors (Lipinski definition) is 5. The van der Waals surface area contributed by atoms with Gasteiger partial charge >= 0.3 is 0 Å². The number of furan rings is 1.